The number of carbonyl (C=O) groups excluding carboxylic acids is 1. The summed E-state index contributed by atoms with van der Waals surface area (Å²) in [5, 5.41) is 7.12. The number of nitrogens with one attached hydrogen (secondary N) is 3. The topological polar surface area (TPSA) is 108 Å². The van der Waals surface area contributed by atoms with Gasteiger partial charge in [-0.1, -0.05) is 18.2 Å². The van der Waals surface area contributed by atoms with Gasteiger partial charge in [-0.15, -0.1) is 0 Å². The van der Waals surface area contributed by atoms with Crippen LogP contribution in [0.2, 0.25) is 0 Å². The number of para-hydroxylation sites is 1. The fourth-order valence-electron chi connectivity index (χ4n) is 3.95. The molecule has 0 bridgehead atoms. The first-order valence-electron chi connectivity index (χ1n) is 10.1. The van der Waals surface area contributed by atoms with E-state index in [0.29, 0.717) is 29.3 Å². The van der Waals surface area contributed by atoms with Crippen LogP contribution in [0.5, 0.6) is 0 Å². The molecule has 4 rings (SSSR count). The van der Waals surface area contributed by atoms with E-state index in [1.807, 2.05) is 19.2 Å². The zero-order chi connectivity index (χ0) is 21.4. The van der Waals surface area contributed by atoms with Crippen LogP contribution in [0, 0.1) is 20.8 Å². The summed E-state index contributed by atoms with van der Waals surface area (Å²) >= 11 is 0. The molecule has 156 valence electrons. The molecule has 1 unspecified atom stereocenters. The molecule has 0 aliphatic carbocycles. The summed E-state index contributed by atoms with van der Waals surface area (Å²) < 4.78 is 1.33. The Morgan fingerprint density at radius 1 is 1.23 bits per heavy atom. The highest BCUT2D eigenvalue weighted by molar-refractivity contribution is 5.86. The van der Waals surface area contributed by atoms with Gasteiger partial charge in [0.15, 0.2) is 0 Å². The average molecular weight is 406 g/mol. The third-order valence-electron chi connectivity index (χ3n) is 5.45. The molecule has 8 nitrogen and oxygen atoms in total. The lowest BCUT2D eigenvalue weighted by molar-refractivity contribution is -0.121. The average Bonchev–Trinajstić information content (AvgIpc) is 3.25. The molecule has 8 heteroatoms. The Hall–Kier alpha value is -3.42. The van der Waals surface area contributed by atoms with E-state index in [-0.39, 0.29) is 23.9 Å². The van der Waals surface area contributed by atoms with Crippen LogP contribution in [0.3, 0.4) is 0 Å². The van der Waals surface area contributed by atoms with E-state index in [1.54, 1.807) is 13.8 Å². The predicted octanol–water partition coefficient (Wildman–Crippen LogP) is 2.50. The third-order valence-corrected chi connectivity index (χ3v) is 5.45. The lowest BCUT2D eigenvalue weighted by atomic mass is 10.0. The van der Waals surface area contributed by atoms with Gasteiger partial charge in [0.2, 0.25) is 5.91 Å². The highest BCUT2D eigenvalue weighted by Crippen LogP contribution is 2.22. The SMILES string of the molecule is Cc1nc2nc(C)c(CCC(=O)NC(C)Cc3c[nH]c4c(C)cccc34)c(=O)n2[nH]1. The van der Waals surface area contributed by atoms with Crippen LogP contribution in [0.4, 0.5) is 0 Å². The van der Waals surface area contributed by atoms with Crippen molar-refractivity contribution in [3.05, 3.63) is 63.0 Å². The number of aromatic nitrogens is 5. The number of benzene rings is 1. The molecular weight excluding hydrogens is 380 g/mol. The minimum Gasteiger partial charge on any atom is -0.361 e. The van der Waals surface area contributed by atoms with Gasteiger partial charge in [0.25, 0.3) is 11.3 Å². The molecule has 0 saturated heterocycles. The summed E-state index contributed by atoms with van der Waals surface area (Å²) in [6.07, 6.45) is 3.31. The van der Waals surface area contributed by atoms with E-state index >= 15 is 0 Å². The number of hydrogen-bond acceptors (Lipinski definition) is 4. The molecule has 0 aliphatic rings. The van der Waals surface area contributed by atoms with Crippen LogP contribution < -0.4 is 10.9 Å². The minimum absolute atomic E-state index is 0.0185. The minimum atomic E-state index is -0.201. The first-order chi connectivity index (χ1) is 14.3. The third kappa shape index (κ3) is 3.72. The van der Waals surface area contributed by atoms with E-state index in [4.69, 9.17) is 0 Å². The number of H-pyrrole nitrogens is 2. The Morgan fingerprint density at radius 3 is 2.83 bits per heavy atom. The highest BCUT2D eigenvalue weighted by Gasteiger charge is 2.16. The Balaban J connectivity index is 1.40. The van der Waals surface area contributed by atoms with Gasteiger partial charge in [0.1, 0.15) is 5.82 Å². The monoisotopic (exact) mass is 406 g/mol. The van der Waals surface area contributed by atoms with Crippen LogP contribution in [0.15, 0.2) is 29.2 Å². The number of amides is 1. The zero-order valence-corrected chi connectivity index (χ0v) is 17.7. The maximum absolute atomic E-state index is 12.7. The van der Waals surface area contributed by atoms with E-state index < -0.39 is 0 Å². The van der Waals surface area contributed by atoms with E-state index in [1.165, 1.54) is 21.0 Å². The smallest absolute Gasteiger partial charge is 0.277 e. The van der Waals surface area contributed by atoms with Crippen LogP contribution >= 0.6 is 0 Å². The Kier molecular flexibility index (Phi) is 5.15. The molecule has 1 aromatic carbocycles. The number of aromatic amines is 2. The standard InChI is InChI=1S/C22H26N6O2/c1-12-6-5-7-18-16(11-23-20(12)18)10-13(2)24-19(29)9-8-17-14(3)25-22-26-15(4)27-28(22)21(17)30/h5-7,11,13,23H,8-10H2,1-4H3,(H,24,29)(H,25,26,27). The molecule has 4 aromatic rings. The van der Waals surface area contributed by atoms with Gasteiger partial charge in [-0.05, 0) is 51.7 Å². The number of carbonyl (C=O) groups is 1. The van der Waals surface area contributed by atoms with Crippen molar-refractivity contribution in [3.8, 4) is 0 Å². The fourth-order valence-corrected chi connectivity index (χ4v) is 3.95. The van der Waals surface area contributed by atoms with E-state index in [0.717, 1.165) is 11.9 Å². The van der Waals surface area contributed by atoms with E-state index in [9.17, 15) is 9.59 Å². The maximum Gasteiger partial charge on any atom is 0.277 e. The quantitative estimate of drug-likeness (QED) is 0.457. The van der Waals surface area contributed by atoms with E-state index in [2.05, 4.69) is 44.4 Å². The van der Waals surface area contributed by atoms with Crippen molar-refractivity contribution in [3.63, 3.8) is 0 Å². The van der Waals surface area contributed by atoms with Gasteiger partial charge in [-0.25, -0.2) is 4.98 Å². The zero-order valence-electron chi connectivity index (χ0n) is 17.7. The van der Waals surface area contributed by atoms with Crippen LogP contribution in [0.1, 0.15) is 41.6 Å². The molecule has 0 spiro atoms. The Morgan fingerprint density at radius 2 is 2.03 bits per heavy atom. The van der Waals surface area contributed by atoms with Crippen molar-refractivity contribution in [2.24, 2.45) is 0 Å². The van der Waals surface area contributed by atoms with Crippen molar-refractivity contribution in [2.45, 2.75) is 53.0 Å². The molecule has 1 atom stereocenters. The fraction of sp³-hybridized carbons (Fsp3) is 0.364. The number of aryl methyl sites for hydroxylation is 3. The Bertz CT molecular complexity index is 1300. The summed E-state index contributed by atoms with van der Waals surface area (Å²) in [5.41, 5.74) is 4.47. The molecule has 3 heterocycles. The van der Waals surface area contributed by atoms with Crippen molar-refractivity contribution < 1.29 is 4.79 Å². The largest absolute Gasteiger partial charge is 0.361 e. The molecule has 1 amide bonds. The lowest BCUT2D eigenvalue weighted by Gasteiger charge is -2.14. The first-order valence-corrected chi connectivity index (χ1v) is 10.1. The molecule has 3 N–H and O–H groups in total. The van der Waals surface area contributed by atoms with Gasteiger partial charge in [-0.2, -0.15) is 9.50 Å². The molecule has 0 saturated carbocycles. The van der Waals surface area contributed by atoms with Crippen LogP contribution in [0.25, 0.3) is 16.7 Å². The summed E-state index contributed by atoms with van der Waals surface area (Å²) in [5.74, 6) is 0.893. The van der Waals surface area contributed by atoms with Gasteiger partial charge in [0.05, 0.1) is 5.69 Å². The van der Waals surface area contributed by atoms with Gasteiger partial charge >= 0.3 is 0 Å². The lowest BCUT2D eigenvalue weighted by Crippen LogP contribution is -2.34. The second-order valence-corrected chi connectivity index (χ2v) is 7.91. The number of nitrogens with zero attached hydrogens (tertiary/aromatic N) is 3. The number of fused-ring (bicyclic) bond motifs is 2. The van der Waals surface area contributed by atoms with Crippen molar-refractivity contribution >= 4 is 22.6 Å². The maximum atomic E-state index is 12.7. The van der Waals surface area contributed by atoms with Crippen LogP contribution in [-0.4, -0.2) is 36.5 Å². The van der Waals surface area contributed by atoms with Gasteiger partial charge < -0.3 is 10.3 Å². The molecule has 0 aliphatic heterocycles. The van der Waals surface area contributed by atoms with Gasteiger partial charge in [0, 0.05) is 35.1 Å². The van der Waals surface area contributed by atoms with Crippen molar-refractivity contribution in [1.82, 2.24) is 29.9 Å². The predicted molar refractivity (Wildman–Crippen MR) is 116 cm³/mol. The number of rotatable bonds is 6. The number of hydrogen-bond donors (Lipinski definition) is 3. The van der Waals surface area contributed by atoms with Gasteiger partial charge in [-0.3, -0.25) is 14.7 Å². The summed E-state index contributed by atoms with van der Waals surface area (Å²) in [6.45, 7) is 7.62. The van der Waals surface area contributed by atoms with Crippen molar-refractivity contribution in [1.29, 1.82) is 0 Å². The Labute approximate surface area is 173 Å². The normalized spacial score (nSPS) is 12.5. The molecular formula is C22H26N6O2. The first kappa shape index (κ1) is 19.9. The summed E-state index contributed by atoms with van der Waals surface area (Å²) in [6, 6.07) is 6.20. The van der Waals surface area contributed by atoms with Crippen LogP contribution in [-0.2, 0) is 17.6 Å². The summed E-state index contributed by atoms with van der Waals surface area (Å²) in [7, 11) is 0. The second-order valence-electron chi connectivity index (χ2n) is 7.91. The second kappa shape index (κ2) is 7.78. The highest BCUT2D eigenvalue weighted by atomic mass is 16.1. The molecule has 0 fully saturated rings. The molecule has 3 aromatic heterocycles. The van der Waals surface area contributed by atoms with Crippen molar-refractivity contribution in [2.75, 3.05) is 0 Å². The molecule has 30 heavy (non-hydrogen) atoms. The summed E-state index contributed by atoms with van der Waals surface area (Å²) in [4.78, 5) is 37.1. The molecule has 0 radical (unpaired) electrons.